The average Bonchev–Trinajstić information content (AvgIpc) is 3.01. The van der Waals surface area contributed by atoms with Crippen molar-refractivity contribution in [2.75, 3.05) is 19.0 Å². The van der Waals surface area contributed by atoms with Crippen LogP contribution < -0.4 is 4.90 Å². The van der Waals surface area contributed by atoms with Gasteiger partial charge < -0.3 is 9.42 Å². The van der Waals surface area contributed by atoms with Gasteiger partial charge in [-0.15, -0.1) is 0 Å². The zero-order valence-electron chi connectivity index (χ0n) is 16.1. The maximum absolute atomic E-state index is 6.66. The van der Waals surface area contributed by atoms with Crippen molar-refractivity contribution < 1.29 is 4.52 Å². The molecule has 6 heteroatoms. The number of para-hydroxylation sites is 1. The Morgan fingerprint density at radius 1 is 1.15 bits per heavy atom. The quantitative estimate of drug-likeness (QED) is 0.649. The van der Waals surface area contributed by atoms with Crippen LogP contribution >= 0.6 is 6.42 Å². The molecule has 1 atom stereocenters. The van der Waals surface area contributed by atoms with Gasteiger partial charge in [-0.1, -0.05) is 51.3 Å². The van der Waals surface area contributed by atoms with Crippen LogP contribution in [0.5, 0.6) is 0 Å². The first kappa shape index (κ1) is 18.2. The number of fused-ring (bicyclic) bond motifs is 1. The largest absolute Gasteiger partial charge is 0.346 e. The van der Waals surface area contributed by atoms with Gasteiger partial charge >= 0.3 is 0 Å². The average molecular weight is 390 g/mol. The van der Waals surface area contributed by atoms with Gasteiger partial charge in [-0.05, 0) is 36.3 Å². The van der Waals surface area contributed by atoms with Crippen molar-refractivity contribution >= 4 is 30.1 Å². The second-order valence-corrected chi connectivity index (χ2v) is 11.9. The number of hydrogen-bond acceptors (Lipinski definition) is 4. The minimum Gasteiger partial charge on any atom is -0.346 e. The van der Waals surface area contributed by atoms with E-state index in [1.807, 2.05) is 18.0 Å². The standard InChI is InChI=1S/C20H28N3OPS/c1-20(2)16-12-8-9-13-17(16)22(3)19(20)18-14-21-23(4)25(18,26)24-15-10-6-5-7-11-15/h8-9,12-15H,5-7,10-11H2,1-4H3/b19-18+/t25-/m0/s1. The summed E-state index contributed by atoms with van der Waals surface area (Å²) in [5.41, 5.74) is 3.72. The smallest absolute Gasteiger partial charge is 0.204 e. The summed E-state index contributed by atoms with van der Waals surface area (Å²) in [5, 5.41) is 5.70. The summed E-state index contributed by atoms with van der Waals surface area (Å²) in [6.45, 7) is 4.56. The van der Waals surface area contributed by atoms with E-state index in [1.165, 1.54) is 36.2 Å². The van der Waals surface area contributed by atoms with Crippen LogP contribution in [-0.2, 0) is 21.7 Å². The lowest BCUT2D eigenvalue weighted by molar-refractivity contribution is 0.163. The summed E-state index contributed by atoms with van der Waals surface area (Å²) < 4.78 is 8.58. The van der Waals surface area contributed by atoms with Crippen molar-refractivity contribution in [3.05, 3.63) is 40.8 Å². The van der Waals surface area contributed by atoms with E-state index in [4.69, 9.17) is 16.3 Å². The molecule has 4 nitrogen and oxygen atoms in total. The summed E-state index contributed by atoms with van der Waals surface area (Å²) in [4.78, 5) is 2.29. The molecule has 1 aromatic rings. The van der Waals surface area contributed by atoms with E-state index < -0.39 is 6.42 Å². The van der Waals surface area contributed by atoms with Gasteiger partial charge in [0.25, 0.3) is 0 Å². The van der Waals surface area contributed by atoms with Gasteiger partial charge in [-0.2, -0.15) is 5.10 Å². The van der Waals surface area contributed by atoms with Gasteiger partial charge in [0.2, 0.25) is 6.42 Å². The number of likely N-dealkylation sites (N-methyl/N-ethyl adjacent to an activating group) is 1. The maximum Gasteiger partial charge on any atom is 0.204 e. The minimum absolute atomic E-state index is 0.113. The molecule has 0 radical (unpaired) electrons. The van der Waals surface area contributed by atoms with E-state index in [-0.39, 0.29) is 11.5 Å². The monoisotopic (exact) mass is 389 g/mol. The minimum atomic E-state index is -2.35. The summed E-state index contributed by atoms with van der Waals surface area (Å²) in [6.07, 6.45) is 5.92. The van der Waals surface area contributed by atoms with Gasteiger partial charge in [0.15, 0.2) is 0 Å². The molecule has 1 saturated carbocycles. The van der Waals surface area contributed by atoms with Crippen molar-refractivity contribution in [2.24, 2.45) is 5.10 Å². The van der Waals surface area contributed by atoms with Crippen molar-refractivity contribution in [1.82, 2.24) is 4.78 Å². The molecule has 0 bridgehead atoms. The predicted octanol–water partition coefficient (Wildman–Crippen LogP) is 5.22. The second-order valence-electron chi connectivity index (χ2n) is 8.05. The van der Waals surface area contributed by atoms with Crippen LogP contribution in [0.15, 0.2) is 40.4 Å². The van der Waals surface area contributed by atoms with E-state index in [0.717, 1.165) is 18.2 Å². The van der Waals surface area contributed by atoms with E-state index in [2.05, 4.69) is 55.2 Å². The molecule has 3 aliphatic rings. The Bertz CT molecular complexity index is 826. The third-order valence-corrected chi connectivity index (χ3v) is 9.93. The van der Waals surface area contributed by atoms with Gasteiger partial charge in [0, 0.05) is 30.9 Å². The first-order valence-electron chi connectivity index (χ1n) is 9.51. The van der Waals surface area contributed by atoms with Gasteiger partial charge in [-0.3, -0.25) is 0 Å². The lowest BCUT2D eigenvalue weighted by atomic mass is 9.84. The first-order chi connectivity index (χ1) is 12.4. The van der Waals surface area contributed by atoms with Crippen LogP contribution in [0.1, 0.15) is 51.5 Å². The van der Waals surface area contributed by atoms with Crippen LogP contribution in [-0.4, -0.2) is 31.2 Å². The summed E-state index contributed by atoms with van der Waals surface area (Å²) in [6, 6.07) is 8.63. The molecule has 2 aliphatic heterocycles. The molecule has 0 saturated heterocycles. The molecule has 0 amide bonds. The van der Waals surface area contributed by atoms with Crippen molar-refractivity contribution in [1.29, 1.82) is 0 Å². The molecule has 1 aromatic carbocycles. The maximum atomic E-state index is 6.66. The topological polar surface area (TPSA) is 28.1 Å². The molecule has 0 N–H and O–H groups in total. The molecule has 0 unspecified atom stereocenters. The van der Waals surface area contributed by atoms with E-state index >= 15 is 0 Å². The molecule has 2 heterocycles. The Hall–Kier alpha value is -1.16. The van der Waals surface area contributed by atoms with E-state index in [9.17, 15) is 0 Å². The molecular formula is C20H28N3OPS. The number of rotatable bonds is 2. The van der Waals surface area contributed by atoms with Crippen LogP contribution in [0.25, 0.3) is 0 Å². The summed E-state index contributed by atoms with van der Waals surface area (Å²) in [5.74, 6) is 0. The number of allylic oxidation sites excluding steroid dienone is 2. The number of hydrogen-bond donors (Lipinski definition) is 0. The Labute approximate surface area is 162 Å². The SMILES string of the molecule is CN1/C(=C2\C=NN(C)[P@]2(=S)OC2CCCCC2)C(C)(C)c2ccccc21. The van der Waals surface area contributed by atoms with Crippen molar-refractivity contribution in [3.63, 3.8) is 0 Å². The highest BCUT2D eigenvalue weighted by molar-refractivity contribution is 8.13. The fourth-order valence-electron chi connectivity index (χ4n) is 4.58. The zero-order valence-corrected chi connectivity index (χ0v) is 17.8. The molecule has 0 spiro atoms. The van der Waals surface area contributed by atoms with Crippen LogP contribution in [0.4, 0.5) is 5.69 Å². The van der Waals surface area contributed by atoms with Crippen molar-refractivity contribution in [3.8, 4) is 0 Å². The third kappa shape index (κ3) is 2.67. The van der Waals surface area contributed by atoms with E-state index in [1.54, 1.807) is 0 Å². The van der Waals surface area contributed by atoms with E-state index in [0.29, 0.717) is 0 Å². The number of hydrazone groups is 1. The summed E-state index contributed by atoms with van der Waals surface area (Å²) in [7, 11) is 4.12. The lowest BCUT2D eigenvalue weighted by Gasteiger charge is -2.34. The number of nitrogens with zero attached hydrogens (tertiary/aromatic N) is 3. The third-order valence-electron chi connectivity index (χ3n) is 5.99. The fourth-order valence-corrected chi connectivity index (χ4v) is 7.73. The second kappa shape index (κ2) is 6.47. The molecule has 140 valence electrons. The van der Waals surface area contributed by atoms with Gasteiger partial charge in [0.1, 0.15) is 0 Å². The highest BCUT2D eigenvalue weighted by Gasteiger charge is 2.46. The normalized spacial score (nSPS) is 30.9. The van der Waals surface area contributed by atoms with Crippen LogP contribution in [0.2, 0.25) is 0 Å². The fraction of sp³-hybridized carbons (Fsp3) is 0.550. The predicted molar refractivity (Wildman–Crippen MR) is 113 cm³/mol. The highest BCUT2D eigenvalue weighted by atomic mass is 32.4. The molecular weight excluding hydrogens is 361 g/mol. The number of benzene rings is 1. The van der Waals surface area contributed by atoms with Gasteiger partial charge in [-0.25, -0.2) is 4.78 Å². The summed E-state index contributed by atoms with van der Waals surface area (Å²) >= 11 is 6.20. The lowest BCUT2D eigenvalue weighted by Crippen LogP contribution is -2.26. The molecule has 1 fully saturated rings. The Morgan fingerprint density at radius 2 is 1.85 bits per heavy atom. The van der Waals surface area contributed by atoms with Crippen molar-refractivity contribution in [2.45, 2.75) is 57.5 Å². The van der Waals surface area contributed by atoms with Gasteiger partial charge in [0.05, 0.1) is 17.6 Å². The number of anilines is 1. The highest BCUT2D eigenvalue weighted by Crippen LogP contribution is 2.65. The van der Waals surface area contributed by atoms with Crippen LogP contribution in [0, 0.1) is 0 Å². The zero-order chi connectivity index (χ0) is 18.5. The molecule has 4 rings (SSSR count). The Morgan fingerprint density at radius 3 is 2.54 bits per heavy atom. The Kier molecular flexibility index (Phi) is 4.53. The first-order valence-corrected chi connectivity index (χ1v) is 12.2. The Balaban J connectivity index is 1.80. The molecule has 26 heavy (non-hydrogen) atoms. The van der Waals surface area contributed by atoms with Crippen LogP contribution in [0.3, 0.4) is 0 Å². The molecule has 1 aliphatic carbocycles. The molecule has 0 aromatic heterocycles.